The number of hydrogen-bond acceptors (Lipinski definition) is 4. The zero-order chi connectivity index (χ0) is 17.7. The number of halogens is 1. The van der Waals surface area contributed by atoms with Gasteiger partial charge in [-0.15, -0.1) is 0 Å². The first-order valence-corrected chi connectivity index (χ1v) is 7.78. The normalized spacial score (nSPS) is 15.6. The van der Waals surface area contributed by atoms with Crippen molar-refractivity contribution in [1.82, 2.24) is 4.90 Å². The highest BCUT2D eigenvalue weighted by atomic mass is 19.1. The fourth-order valence-electron chi connectivity index (χ4n) is 2.39. The van der Waals surface area contributed by atoms with Gasteiger partial charge in [0.1, 0.15) is 11.7 Å². The van der Waals surface area contributed by atoms with Crippen LogP contribution < -0.4 is 4.74 Å². The monoisotopic (exact) mass is 336 g/mol. The Morgan fingerprint density at radius 3 is 2.62 bits per heavy atom. The summed E-state index contributed by atoms with van der Waals surface area (Å²) in [6.45, 7) is 6.37. The maximum atomic E-state index is 13.9. The maximum Gasteiger partial charge on any atom is 0.410 e. The lowest BCUT2D eigenvalue weighted by Gasteiger charge is -2.33. The molecule has 1 saturated heterocycles. The van der Waals surface area contributed by atoms with Gasteiger partial charge < -0.3 is 14.4 Å². The molecular weight excluding hydrogens is 315 g/mol. The number of benzene rings is 1. The van der Waals surface area contributed by atoms with Crippen LogP contribution in [0.3, 0.4) is 0 Å². The molecule has 1 aliphatic rings. The van der Waals surface area contributed by atoms with Gasteiger partial charge in [0.25, 0.3) is 0 Å². The molecule has 1 heterocycles. The lowest BCUT2D eigenvalue weighted by molar-refractivity contribution is 0.0124. The molecule has 1 aromatic carbocycles. The van der Waals surface area contributed by atoms with E-state index in [1.165, 1.54) is 18.2 Å². The Labute approximate surface area is 140 Å². The Morgan fingerprint density at radius 1 is 1.38 bits per heavy atom. The van der Waals surface area contributed by atoms with Crippen LogP contribution in [0.1, 0.15) is 33.6 Å². The van der Waals surface area contributed by atoms with Crippen LogP contribution in [0.4, 0.5) is 14.9 Å². The van der Waals surface area contributed by atoms with E-state index in [9.17, 15) is 9.18 Å². The Kier molecular flexibility index (Phi) is 5.51. The van der Waals surface area contributed by atoms with Crippen molar-refractivity contribution >= 4 is 11.8 Å². The van der Waals surface area contributed by atoms with Crippen LogP contribution in [-0.4, -0.2) is 35.8 Å². The van der Waals surface area contributed by atoms with E-state index in [1.54, 1.807) is 4.90 Å². The number of carbonyl (C=O) groups is 1. The molecule has 0 aromatic heterocycles. The number of para-hydroxylation sites is 1. The molecule has 0 atom stereocenters. The van der Waals surface area contributed by atoms with E-state index in [1.807, 2.05) is 20.8 Å². The average molecular weight is 336 g/mol. The minimum absolute atomic E-state index is 0.0500. The van der Waals surface area contributed by atoms with Crippen molar-refractivity contribution in [1.29, 1.82) is 0 Å². The van der Waals surface area contributed by atoms with Gasteiger partial charge in [-0.2, -0.15) is 0 Å². The van der Waals surface area contributed by atoms with E-state index in [0.29, 0.717) is 25.9 Å². The van der Waals surface area contributed by atoms with Gasteiger partial charge in [0, 0.05) is 30.8 Å². The van der Waals surface area contributed by atoms with Gasteiger partial charge in [0.05, 0.1) is 5.69 Å². The van der Waals surface area contributed by atoms with Crippen LogP contribution in [0.25, 0.3) is 10.4 Å². The second-order valence-electron chi connectivity index (χ2n) is 6.56. The van der Waals surface area contributed by atoms with Gasteiger partial charge in [-0.05, 0) is 38.4 Å². The van der Waals surface area contributed by atoms with Crippen LogP contribution in [0.2, 0.25) is 0 Å². The molecule has 7 nitrogen and oxygen atoms in total. The third-order valence-electron chi connectivity index (χ3n) is 3.48. The zero-order valence-corrected chi connectivity index (χ0v) is 14.0. The van der Waals surface area contributed by atoms with Gasteiger partial charge in [0.15, 0.2) is 11.6 Å². The first kappa shape index (κ1) is 17.9. The second kappa shape index (κ2) is 7.40. The summed E-state index contributed by atoms with van der Waals surface area (Å²) in [5.74, 6) is -0.625. The van der Waals surface area contributed by atoms with Crippen LogP contribution in [0.15, 0.2) is 23.3 Å². The number of hydrogen-bond donors (Lipinski definition) is 0. The van der Waals surface area contributed by atoms with Crippen molar-refractivity contribution in [3.8, 4) is 5.75 Å². The van der Waals surface area contributed by atoms with Crippen molar-refractivity contribution in [2.45, 2.75) is 45.3 Å². The van der Waals surface area contributed by atoms with Crippen LogP contribution in [0.5, 0.6) is 5.75 Å². The third kappa shape index (κ3) is 4.76. The fourth-order valence-corrected chi connectivity index (χ4v) is 2.39. The number of azide groups is 1. The first-order chi connectivity index (χ1) is 11.3. The summed E-state index contributed by atoms with van der Waals surface area (Å²) >= 11 is 0. The number of amides is 1. The van der Waals surface area contributed by atoms with Crippen molar-refractivity contribution in [3.63, 3.8) is 0 Å². The van der Waals surface area contributed by atoms with Gasteiger partial charge in [-0.1, -0.05) is 11.2 Å². The summed E-state index contributed by atoms with van der Waals surface area (Å²) in [5.41, 5.74) is 8.13. The van der Waals surface area contributed by atoms with Gasteiger partial charge in [-0.25, -0.2) is 9.18 Å². The molecule has 2 rings (SSSR count). The smallest absolute Gasteiger partial charge is 0.410 e. The summed E-state index contributed by atoms with van der Waals surface area (Å²) in [4.78, 5) is 16.3. The molecule has 0 radical (unpaired) electrons. The number of piperidine rings is 1. The topological polar surface area (TPSA) is 87.5 Å². The zero-order valence-electron chi connectivity index (χ0n) is 14.0. The molecule has 1 fully saturated rings. The van der Waals surface area contributed by atoms with Crippen LogP contribution in [-0.2, 0) is 4.74 Å². The Hall–Kier alpha value is -2.47. The predicted molar refractivity (Wildman–Crippen MR) is 86.7 cm³/mol. The van der Waals surface area contributed by atoms with Gasteiger partial charge >= 0.3 is 6.09 Å². The molecule has 1 amide bonds. The summed E-state index contributed by atoms with van der Waals surface area (Å²) in [5, 5.41) is 3.45. The molecule has 0 bridgehead atoms. The molecule has 130 valence electrons. The summed E-state index contributed by atoms with van der Waals surface area (Å²) < 4.78 is 24.9. The molecule has 0 unspecified atom stereocenters. The van der Waals surface area contributed by atoms with E-state index in [0.717, 1.165) is 0 Å². The summed E-state index contributed by atoms with van der Waals surface area (Å²) in [7, 11) is 0. The Balaban J connectivity index is 1.97. The molecule has 0 spiro atoms. The predicted octanol–water partition coefficient (Wildman–Crippen LogP) is 4.55. The van der Waals surface area contributed by atoms with Crippen LogP contribution >= 0.6 is 0 Å². The van der Waals surface area contributed by atoms with E-state index >= 15 is 0 Å². The number of rotatable bonds is 3. The molecule has 0 aliphatic carbocycles. The van der Waals surface area contributed by atoms with E-state index in [2.05, 4.69) is 10.0 Å². The third-order valence-corrected chi connectivity index (χ3v) is 3.48. The molecule has 1 aliphatic heterocycles. The minimum atomic E-state index is -0.575. The molecule has 24 heavy (non-hydrogen) atoms. The average Bonchev–Trinajstić information content (AvgIpc) is 2.50. The SMILES string of the molecule is CC(C)(C)OC(=O)N1CCC(Oc2c(F)cccc2N=[N+]=[N-])CC1. The number of ether oxygens (including phenoxy) is 2. The fraction of sp³-hybridized carbons (Fsp3) is 0.562. The standard InChI is InChI=1S/C16H21FN4O3/c1-16(2,3)24-15(22)21-9-7-11(8-10-21)23-14-12(17)5-4-6-13(14)19-20-18/h4-6,11H,7-10H2,1-3H3. The second-order valence-corrected chi connectivity index (χ2v) is 6.56. The minimum Gasteiger partial charge on any atom is -0.487 e. The van der Waals surface area contributed by atoms with Crippen molar-refractivity contribution in [2.24, 2.45) is 5.11 Å². The summed E-state index contributed by atoms with van der Waals surface area (Å²) in [6.07, 6.45) is 0.474. The van der Waals surface area contributed by atoms with Crippen molar-refractivity contribution in [3.05, 3.63) is 34.5 Å². The highest BCUT2D eigenvalue weighted by molar-refractivity contribution is 5.68. The van der Waals surface area contributed by atoms with Crippen molar-refractivity contribution < 1.29 is 18.7 Å². The molecule has 8 heteroatoms. The highest BCUT2D eigenvalue weighted by Gasteiger charge is 2.28. The van der Waals surface area contributed by atoms with Crippen molar-refractivity contribution in [2.75, 3.05) is 13.1 Å². The van der Waals surface area contributed by atoms with Crippen LogP contribution in [0, 0.1) is 5.82 Å². The van der Waals surface area contributed by atoms with Gasteiger partial charge in [0.2, 0.25) is 0 Å². The number of carbonyl (C=O) groups excluding carboxylic acids is 1. The number of likely N-dealkylation sites (tertiary alicyclic amines) is 1. The van der Waals surface area contributed by atoms with E-state index in [-0.39, 0.29) is 23.6 Å². The molecule has 0 N–H and O–H groups in total. The Bertz CT molecular complexity index is 645. The van der Waals surface area contributed by atoms with E-state index in [4.69, 9.17) is 15.0 Å². The quantitative estimate of drug-likeness (QED) is 0.461. The summed E-state index contributed by atoms with van der Waals surface area (Å²) in [6, 6.07) is 4.20. The Morgan fingerprint density at radius 2 is 2.04 bits per heavy atom. The largest absolute Gasteiger partial charge is 0.487 e. The van der Waals surface area contributed by atoms with E-state index < -0.39 is 11.4 Å². The lowest BCUT2D eigenvalue weighted by atomic mass is 10.1. The molecule has 0 saturated carbocycles. The van der Waals surface area contributed by atoms with Gasteiger partial charge in [-0.3, -0.25) is 0 Å². The molecule has 1 aromatic rings. The first-order valence-electron chi connectivity index (χ1n) is 7.78. The maximum absolute atomic E-state index is 13.9. The number of nitrogens with zero attached hydrogens (tertiary/aromatic N) is 4. The lowest BCUT2D eigenvalue weighted by Crippen LogP contribution is -2.44. The highest BCUT2D eigenvalue weighted by Crippen LogP contribution is 2.33. The molecular formula is C16H21FN4O3.